The molecule has 0 atom stereocenters. The second-order valence-electron chi connectivity index (χ2n) is 4.94. The maximum Gasteiger partial charge on any atom is 0.243 e. The Hall–Kier alpha value is -0.430. The molecule has 1 rings (SSSR count). The molecule has 1 aromatic rings. The van der Waals surface area contributed by atoms with Crippen LogP contribution in [-0.4, -0.2) is 37.0 Å². The Bertz CT molecular complexity index is 535. The predicted molar refractivity (Wildman–Crippen MR) is 75.0 cm³/mol. The van der Waals surface area contributed by atoms with E-state index in [0.29, 0.717) is 5.56 Å². The minimum atomic E-state index is -3.58. The fraction of sp³-hybridized carbons (Fsp3) is 0.500. The van der Waals surface area contributed by atoms with Gasteiger partial charge in [0.15, 0.2) is 0 Å². The number of aliphatic hydroxyl groups is 1. The van der Waals surface area contributed by atoms with Gasteiger partial charge in [-0.3, -0.25) is 0 Å². The Kier molecular flexibility index (Phi) is 4.59. The zero-order valence-corrected chi connectivity index (χ0v) is 13.3. The van der Waals surface area contributed by atoms with Crippen LogP contribution >= 0.6 is 15.9 Å². The summed E-state index contributed by atoms with van der Waals surface area (Å²) in [6.07, 6.45) is 0. The normalized spacial score (nSPS) is 13.1. The van der Waals surface area contributed by atoms with Gasteiger partial charge < -0.3 is 5.11 Å². The van der Waals surface area contributed by atoms with Crippen molar-refractivity contribution in [3.8, 4) is 0 Å². The molecule has 0 saturated heterocycles. The van der Waals surface area contributed by atoms with Gasteiger partial charge in [-0.1, -0.05) is 22.0 Å². The summed E-state index contributed by atoms with van der Waals surface area (Å²) in [5.41, 5.74) is -0.401. The molecule has 1 aromatic carbocycles. The SMILES string of the molecule is Cc1c(Br)cccc1S(=O)(=O)N(C)CC(C)(C)O. The quantitative estimate of drug-likeness (QED) is 0.917. The van der Waals surface area contributed by atoms with Crippen LogP contribution in [-0.2, 0) is 10.0 Å². The molecule has 0 bridgehead atoms. The van der Waals surface area contributed by atoms with Crippen molar-refractivity contribution >= 4 is 26.0 Å². The maximum absolute atomic E-state index is 12.4. The lowest BCUT2D eigenvalue weighted by molar-refractivity contribution is 0.0640. The van der Waals surface area contributed by atoms with Crippen LogP contribution in [0.2, 0.25) is 0 Å². The van der Waals surface area contributed by atoms with Crippen LogP contribution in [0.3, 0.4) is 0 Å². The van der Waals surface area contributed by atoms with Crippen molar-refractivity contribution in [3.63, 3.8) is 0 Å². The van der Waals surface area contributed by atoms with Crippen molar-refractivity contribution in [1.82, 2.24) is 4.31 Å². The summed E-state index contributed by atoms with van der Waals surface area (Å²) in [7, 11) is -2.12. The monoisotopic (exact) mass is 335 g/mol. The highest BCUT2D eigenvalue weighted by atomic mass is 79.9. The summed E-state index contributed by atoms with van der Waals surface area (Å²) in [4.78, 5) is 0.253. The van der Waals surface area contributed by atoms with Gasteiger partial charge in [0.1, 0.15) is 0 Å². The lowest BCUT2D eigenvalue weighted by Crippen LogP contribution is -2.39. The summed E-state index contributed by atoms with van der Waals surface area (Å²) >= 11 is 3.32. The molecule has 0 unspecified atom stereocenters. The first-order chi connectivity index (χ1) is 8.05. The van der Waals surface area contributed by atoms with E-state index in [1.165, 1.54) is 11.4 Å². The molecule has 0 amide bonds. The van der Waals surface area contributed by atoms with Gasteiger partial charge in [0.25, 0.3) is 0 Å². The van der Waals surface area contributed by atoms with Gasteiger partial charge in [0.2, 0.25) is 10.0 Å². The van der Waals surface area contributed by atoms with Crippen molar-refractivity contribution in [2.45, 2.75) is 31.3 Å². The van der Waals surface area contributed by atoms with E-state index < -0.39 is 15.6 Å². The number of halogens is 1. The Morgan fingerprint density at radius 3 is 2.44 bits per heavy atom. The Morgan fingerprint density at radius 2 is 1.94 bits per heavy atom. The fourth-order valence-electron chi connectivity index (χ4n) is 1.66. The van der Waals surface area contributed by atoms with Crippen LogP contribution in [0.15, 0.2) is 27.6 Å². The summed E-state index contributed by atoms with van der Waals surface area (Å²) in [5, 5.41) is 9.71. The first-order valence-corrected chi connectivity index (χ1v) is 7.73. The highest BCUT2D eigenvalue weighted by molar-refractivity contribution is 9.10. The molecule has 0 aliphatic rings. The number of hydrogen-bond donors (Lipinski definition) is 1. The third-order valence-corrected chi connectivity index (χ3v) is 5.32. The van der Waals surface area contributed by atoms with Gasteiger partial charge in [-0.05, 0) is 38.5 Å². The van der Waals surface area contributed by atoms with Gasteiger partial charge in [-0.15, -0.1) is 0 Å². The third-order valence-electron chi connectivity index (χ3n) is 2.52. The molecule has 0 saturated carbocycles. The molecule has 1 N–H and O–H groups in total. The lowest BCUT2D eigenvalue weighted by Gasteiger charge is -2.25. The standard InChI is InChI=1S/C12H18BrNO3S/c1-9-10(13)6-5-7-11(9)18(16,17)14(4)8-12(2,3)15/h5-7,15H,8H2,1-4H3. The summed E-state index contributed by atoms with van der Waals surface area (Å²) in [5.74, 6) is 0. The van der Waals surface area contributed by atoms with Gasteiger partial charge in [0.05, 0.1) is 10.5 Å². The molecule has 102 valence electrons. The van der Waals surface area contributed by atoms with Crippen LogP contribution in [0.4, 0.5) is 0 Å². The topological polar surface area (TPSA) is 57.6 Å². The Labute approximate surface area is 117 Å². The number of nitrogens with zero attached hydrogens (tertiary/aromatic N) is 1. The zero-order chi connectivity index (χ0) is 14.1. The van der Waals surface area contributed by atoms with E-state index >= 15 is 0 Å². The lowest BCUT2D eigenvalue weighted by atomic mass is 10.1. The minimum Gasteiger partial charge on any atom is -0.389 e. The van der Waals surface area contributed by atoms with Crippen LogP contribution in [0.5, 0.6) is 0 Å². The van der Waals surface area contributed by atoms with Crippen molar-refractivity contribution in [3.05, 3.63) is 28.2 Å². The summed E-state index contributed by atoms with van der Waals surface area (Å²) < 4.78 is 26.7. The minimum absolute atomic E-state index is 0.0429. The molecule has 0 heterocycles. The highest BCUT2D eigenvalue weighted by Gasteiger charge is 2.27. The molecule has 0 aliphatic heterocycles. The summed E-state index contributed by atoms with van der Waals surface area (Å²) in [6.45, 7) is 4.94. The number of rotatable bonds is 4. The van der Waals surface area contributed by atoms with Crippen LogP contribution < -0.4 is 0 Å². The van der Waals surface area contributed by atoms with E-state index in [9.17, 15) is 13.5 Å². The van der Waals surface area contributed by atoms with Crippen LogP contribution in [0.25, 0.3) is 0 Å². The Balaban J connectivity index is 3.18. The average Bonchev–Trinajstić information content (AvgIpc) is 2.19. The second kappa shape index (κ2) is 5.28. The van der Waals surface area contributed by atoms with E-state index in [0.717, 1.165) is 4.47 Å². The number of likely N-dealkylation sites (N-methyl/N-ethyl adjacent to an activating group) is 1. The second-order valence-corrected chi connectivity index (χ2v) is 7.80. The molecule has 0 spiro atoms. The first-order valence-electron chi connectivity index (χ1n) is 5.49. The number of benzene rings is 1. The largest absolute Gasteiger partial charge is 0.389 e. The molecule has 0 fully saturated rings. The molecular weight excluding hydrogens is 318 g/mol. The number of sulfonamides is 1. The van der Waals surface area contributed by atoms with E-state index in [-0.39, 0.29) is 11.4 Å². The van der Waals surface area contributed by atoms with Crippen molar-refractivity contribution < 1.29 is 13.5 Å². The molecule has 0 aromatic heterocycles. The molecule has 0 radical (unpaired) electrons. The maximum atomic E-state index is 12.4. The van der Waals surface area contributed by atoms with E-state index in [1.54, 1.807) is 39.0 Å². The predicted octanol–water partition coefficient (Wildman–Crippen LogP) is 2.15. The van der Waals surface area contributed by atoms with Crippen LogP contribution in [0, 0.1) is 6.92 Å². The van der Waals surface area contributed by atoms with Crippen molar-refractivity contribution in [1.29, 1.82) is 0 Å². The highest BCUT2D eigenvalue weighted by Crippen LogP contribution is 2.25. The molecule has 18 heavy (non-hydrogen) atoms. The first kappa shape index (κ1) is 15.6. The molecule has 6 heteroatoms. The van der Waals surface area contributed by atoms with Gasteiger partial charge in [-0.2, -0.15) is 4.31 Å². The van der Waals surface area contributed by atoms with Crippen molar-refractivity contribution in [2.75, 3.05) is 13.6 Å². The van der Waals surface area contributed by atoms with Crippen LogP contribution in [0.1, 0.15) is 19.4 Å². The van der Waals surface area contributed by atoms with Gasteiger partial charge in [-0.25, -0.2) is 8.42 Å². The zero-order valence-electron chi connectivity index (χ0n) is 10.9. The Morgan fingerprint density at radius 1 is 1.39 bits per heavy atom. The van der Waals surface area contributed by atoms with Crippen molar-refractivity contribution in [2.24, 2.45) is 0 Å². The summed E-state index contributed by atoms with van der Waals surface area (Å²) in [6, 6.07) is 5.04. The smallest absolute Gasteiger partial charge is 0.243 e. The third kappa shape index (κ3) is 3.54. The fourth-order valence-corrected chi connectivity index (χ4v) is 3.73. The average molecular weight is 336 g/mol. The molecule has 0 aliphatic carbocycles. The number of hydrogen-bond acceptors (Lipinski definition) is 3. The van der Waals surface area contributed by atoms with Gasteiger partial charge >= 0.3 is 0 Å². The van der Waals surface area contributed by atoms with E-state index in [1.807, 2.05) is 0 Å². The molecule has 4 nitrogen and oxygen atoms in total. The van der Waals surface area contributed by atoms with Gasteiger partial charge in [0, 0.05) is 18.1 Å². The molecular formula is C12H18BrNO3S. The van der Waals surface area contributed by atoms with E-state index in [2.05, 4.69) is 15.9 Å². The van der Waals surface area contributed by atoms with E-state index in [4.69, 9.17) is 0 Å².